The first-order chi connectivity index (χ1) is 11.6. The van der Waals surface area contributed by atoms with Gasteiger partial charge < -0.3 is 9.64 Å². The van der Waals surface area contributed by atoms with Gasteiger partial charge in [0.25, 0.3) is 0 Å². The number of hydrogen-bond acceptors (Lipinski definition) is 3. The fourth-order valence-electron chi connectivity index (χ4n) is 2.81. The topological polar surface area (TPSA) is 41.9 Å². The summed E-state index contributed by atoms with van der Waals surface area (Å²) in [7, 11) is 1.85. The molecule has 0 aromatic heterocycles. The molecule has 1 aliphatic heterocycles. The summed E-state index contributed by atoms with van der Waals surface area (Å²) in [5.41, 5.74) is -1.54. The van der Waals surface area contributed by atoms with Crippen molar-refractivity contribution in [2.45, 2.75) is 51.4 Å². The number of rotatable bonds is 5. The summed E-state index contributed by atoms with van der Waals surface area (Å²) in [6.45, 7) is 5.68. The minimum absolute atomic E-state index is 0.0238. The van der Waals surface area contributed by atoms with Crippen LogP contribution < -0.4 is 0 Å². The maximum atomic E-state index is 13.7. The number of hydrogen-bond donors (Lipinski definition) is 0. The van der Waals surface area contributed by atoms with Crippen molar-refractivity contribution in [3.8, 4) is 0 Å². The Morgan fingerprint density at radius 3 is 2.52 bits per heavy atom. The van der Waals surface area contributed by atoms with Crippen LogP contribution in [0.15, 0.2) is 17.1 Å². The lowest BCUT2D eigenvalue weighted by Crippen LogP contribution is -2.42. The van der Waals surface area contributed by atoms with E-state index < -0.39 is 11.8 Å². The summed E-state index contributed by atoms with van der Waals surface area (Å²) in [4.78, 5) is 17.7. The van der Waals surface area contributed by atoms with Crippen molar-refractivity contribution in [1.29, 1.82) is 0 Å². The molecule has 1 aliphatic rings. The molecule has 1 heterocycles. The Morgan fingerprint density at radius 1 is 1.36 bits per heavy atom. The lowest BCUT2D eigenvalue weighted by Gasteiger charge is -2.32. The maximum Gasteiger partial charge on any atom is 0.421 e. The molecule has 0 bridgehead atoms. The molecule has 0 saturated carbocycles. The molecular formula is C18H23F3N2O2. The fourth-order valence-corrected chi connectivity index (χ4v) is 2.81. The average Bonchev–Trinajstić information content (AvgIpc) is 3.03. The van der Waals surface area contributed by atoms with Gasteiger partial charge in [-0.05, 0) is 51.3 Å². The molecule has 1 aromatic rings. The molecule has 138 valence electrons. The number of carbonyl (C=O) groups excluding carboxylic acids is 1. The summed E-state index contributed by atoms with van der Waals surface area (Å²) in [5.74, 6) is 0. The minimum Gasteiger partial charge on any atom is -0.363 e. The molecule has 0 N–H and O–H groups in total. The highest BCUT2D eigenvalue weighted by Gasteiger charge is 2.59. The van der Waals surface area contributed by atoms with E-state index in [-0.39, 0.29) is 30.2 Å². The highest BCUT2D eigenvalue weighted by molar-refractivity contribution is 5.81. The van der Waals surface area contributed by atoms with E-state index in [1.165, 1.54) is 12.1 Å². The second-order valence-corrected chi connectivity index (χ2v) is 6.62. The zero-order valence-corrected chi connectivity index (χ0v) is 14.9. The van der Waals surface area contributed by atoms with Gasteiger partial charge in [0, 0.05) is 30.8 Å². The zero-order valence-electron chi connectivity index (χ0n) is 14.9. The highest BCUT2D eigenvalue weighted by atomic mass is 19.4. The predicted octanol–water partition coefficient (Wildman–Crippen LogP) is 4.38. The van der Waals surface area contributed by atoms with Gasteiger partial charge in [0.15, 0.2) is 11.9 Å². The van der Waals surface area contributed by atoms with E-state index in [4.69, 9.17) is 4.74 Å². The SMILES string of the molecule is Cc1cc(C2(C(F)(F)F)CCCO2)c(C=O)cc1N=CN(C)C(C)C. The number of alkyl halides is 3. The molecular weight excluding hydrogens is 333 g/mol. The molecule has 0 aliphatic carbocycles. The number of ether oxygens (including phenoxy) is 1. The van der Waals surface area contributed by atoms with E-state index in [0.717, 1.165) is 0 Å². The molecule has 4 nitrogen and oxygen atoms in total. The van der Waals surface area contributed by atoms with Gasteiger partial charge in [0.05, 0.1) is 12.0 Å². The van der Waals surface area contributed by atoms with Gasteiger partial charge >= 0.3 is 6.18 Å². The van der Waals surface area contributed by atoms with E-state index in [0.29, 0.717) is 24.0 Å². The lowest BCUT2D eigenvalue weighted by molar-refractivity contribution is -0.269. The van der Waals surface area contributed by atoms with Crippen LogP contribution >= 0.6 is 0 Å². The number of aryl methyl sites for hydroxylation is 1. The number of aliphatic imine (C=N–C) groups is 1. The third-order valence-electron chi connectivity index (χ3n) is 4.60. The van der Waals surface area contributed by atoms with Gasteiger partial charge in [-0.3, -0.25) is 4.79 Å². The number of aldehydes is 1. The molecule has 2 rings (SSSR count). The van der Waals surface area contributed by atoms with E-state index in [1.54, 1.807) is 13.3 Å². The van der Waals surface area contributed by atoms with Crippen molar-refractivity contribution in [2.24, 2.45) is 4.99 Å². The molecule has 1 unspecified atom stereocenters. The van der Waals surface area contributed by atoms with Crippen LogP contribution in [-0.4, -0.2) is 43.4 Å². The van der Waals surface area contributed by atoms with E-state index >= 15 is 0 Å². The Balaban J connectivity index is 2.51. The third kappa shape index (κ3) is 3.71. The van der Waals surface area contributed by atoms with Gasteiger partial charge in [-0.25, -0.2) is 4.99 Å². The summed E-state index contributed by atoms with van der Waals surface area (Å²) >= 11 is 0. The largest absolute Gasteiger partial charge is 0.421 e. The number of carbonyl (C=O) groups is 1. The summed E-state index contributed by atoms with van der Waals surface area (Å²) in [6.07, 6.45) is -2.43. The quantitative estimate of drug-likeness (QED) is 0.447. The van der Waals surface area contributed by atoms with Crippen molar-refractivity contribution in [3.05, 3.63) is 28.8 Å². The maximum absolute atomic E-state index is 13.7. The van der Waals surface area contributed by atoms with Crippen LogP contribution in [0.3, 0.4) is 0 Å². The fraction of sp³-hybridized carbons (Fsp3) is 0.556. The highest BCUT2D eigenvalue weighted by Crippen LogP contribution is 2.50. The third-order valence-corrected chi connectivity index (χ3v) is 4.60. The van der Waals surface area contributed by atoms with E-state index in [1.807, 2.05) is 25.8 Å². The normalized spacial score (nSPS) is 21.3. The minimum atomic E-state index is -4.59. The molecule has 0 spiro atoms. The Labute approximate surface area is 145 Å². The van der Waals surface area contributed by atoms with E-state index in [2.05, 4.69) is 4.99 Å². The molecule has 0 amide bonds. The van der Waals surface area contributed by atoms with E-state index in [9.17, 15) is 18.0 Å². The molecule has 0 radical (unpaired) electrons. The zero-order chi connectivity index (χ0) is 18.8. The van der Waals surface area contributed by atoms with Crippen LogP contribution in [0.25, 0.3) is 0 Å². The average molecular weight is 356 g/mol. The second-order valence-electron chi connectivity index (χ2n) is 6.62. The first-order valence-electron chi connectivity index (χ1n) is 8.19. The Bertz CT molecular complexity index is 663. The number of benzene rings is 1. The van der Waals surface area contributed by atoms with Crippen molar-refractivity contribution in [2.75, 3.05) is 13.7 Å². The van der Waals surface area contributed by atoms with Crippen molar-refractivity contribution >= 4 is 18.3 Å². The van der Waals surface area contributed by atoms with Crippen LogP contribution in [0.4, 0.5) is 18.9 Å². The standard InChI is InChI=1S/C18H23F3N2O2/c1-12(2)23(4)11-22-16-9-14(10-24)15(8-13(16)3)17(18(19,20)21)6-5-7-25-17/h8-12H,5-7H2,1-4H3. The molecule has 1 saturated heterocycles. The predicted molar refractivity (Wildman–Crippen MR) is 90.5 cm³/mol. The first-order valence-corrected chi connectivity index (χ1v) is 8.19. The van der Waals surface area contributed by atoms with Gasteiger partial charge in [0.2, 0.25) is 0 Å². The van der Waals surface area contributed by atoms with Crippen LogP contribution in [0.1, 0.15) is 48.2 Å². The number of nitrogens with zero attached hydrogens (tertiary/aromatic N) is 2. The first kappa shape index (κ1) is 19.4. The Morgan fingerprint density at radius 2 is 2.04 bits per heavy atom. The smallest absolute Gasteiger partial charge is 0.363 e. The molecule has 1 aromatic carbocycles. The Kier molecular flexibility index (Phi) is 5.56. The van der Waals surface area contributed by atoms with Crippen LogP contribution in [0, 0.1) is 6.92 Å². The monoisotopic (exact) mass is 356 g/mol. The Hall–Kier alpha value is -1.89. The molecule has 7 heteroatoms. The van der Waals surface area contributed by atoms with Crippen LogP contribution in [0.2, 0.25) is 0 Å². The van der Waals surface area contributed by atoms with Crippen molar-refractivity contribution in [1.82, 2.24) is 4.90 Å². The van der Waals surface area contributed by atoms with Crippen LogP contribution in [0.5, 0.6) is 0 Å². The summed E-state index contributed by atoms with van der Waals surface area (Å²) < 4.78 is 46.3. The molecule has 1 atom stereocenters. The summed E-state index contributed by atoms with van der Waals surface area (Å²) in [6, 6.07) is 3.01. The molecule has 1 fully saturated rings. The van der Waals surface area contributed by atoms with Crippen molar-refractivity contribution < 1.29 is 22.7 Å². The number of halogens is 3. The van der Waals surface area contributed by atoms with Gasteiger partial charge in [-0.2, -0.15) is 13.2 Å². The van der Waals surface area contributed by atoms with Gasteiger partial charge in [-0.1, -0.05) is 0 Å². The molecule has 25 heavy (non-hydrogen) atoms. The summed E-state index contributed by atoms with van der Waals surface area (Å²) in [5, 5.41) is 0. The lowest BCUT2D eigenvalue weighted by atomic mass is 9.85. The second kappa shape index (κ2) is 7.15. The van der Waals surface area contributed by atoms with Crippen molar-refractivity contribution in [3.63, 3.8) is 0 Å². The van der Waals surface area contributed by atoms with Gasteiger partial charge in [-0.15, -0.1) is 0 Å². The van der Waals surface area contributed by atoms with Crippen LogP contribution in [-0.2, 0) is 10.3 Å². The van der Waals surface area contributed by atoms with Gasteiger partial charge in [0.1, 0.15) is 0 Å².